The highest BCUT2D eigenvalue weighted by Gasteiger charge is 2.68. The van der Waals surface area contributed by atoms with Crippen LogP contribution in [-0.4, -0.2) is 51.0 Å². The molecular weight excluding hydrogens is 574 g/mol. The molecule has 6 atom stereocenters. The fourth-order valence-electron chi connectivity index (χ4n) is 6.78. The maximum atomic E-state index is 13.8. The van der Waals surface area contributed by atoms with Crippen LogP contribution in [0.25, 0.3) is 0 Å². The number of benzene rings is 2. The van der Waals surface area contributed by atoms with E-state index in [4.69, 9.17) is 4.74 Å². The van der Waals surface area contributed by atoms with E-state index in [0.717, 1.165) is 28.6 Å². The topological polar surface area (TPSA) is 144 Å². The number of nitrogens with zero attached hydrogens (tertiary/aromatic N) is 3. The summed E-state index contributed by atoms with van der Waals surface area (Å²) in [4.78, 5) is 78.1. The summed E-state index contributed by atoms with van der Waals surface area (Å²) in [6, 6.07) is 13.8. The van der Waals surface area contributed by atoms with Crippen LogP contribution in [0.3, 0.4) is 0 Å². The molecule has 0 N–H and O–H groups in total. The van der Waals surface area contributed by atoms with Gasteiger partial charge in [0.05, 0.1) is 16.8 Å². The van der Waals surface area contributed by atoms with Crippen LogP contribution in [0.1, 0.15) is 36.8 Å². The summed E-state index contributed by atoms with van der Waals surface area (Å²) in [7, 11) is 0. The zero-order valence-corrected chi connectivity index (χ0v) is 23.2. The smallest absolute Gasteiger partial charge is 0.353 e. The van der Waals surface area contributed by atoms with Gasteiger partial charge in [-0.2, -0.15) is 5.01 Å². The predicted molar refractivity (Wildman–Crippen MR) is 151 cm³/mol. The van der Waals surface area contributed by atoms with Crippen LogP contribution in [0.15, 0.2) is 78.2 Å². The number of amides is 3. The lowest BCUT2D eigenvalue weighted by molar-refractivity contribution is -0.384. The van der Waals surface area contributed by atoms with E-state index in [0.29, 0.717) is 16.7 Å². The number of ether oxygens (including phenoxy) is 1. The number of nitro benzene ring substituents is 1. The number of carbonyl (C=O) groups excluding carboxylic acids is 5. The van der Waals surface area contributed by atoms with Crippen molar-refractivity contribution in [2.45, 2.75) is 6.42 Å². The van der Waals surface area contributed by atoms with Gasteiger partial charge in [0.25, 0.3) is 23.4 Å². The third-order valence-electron chi connectivity index (χ3n) is 8.84. The van der Waals surface area contributed by atoms with Crippen molar-refractivity contribution in [1.82, 2.24) is 10.0 Å². The average Bonchev–Trinajstić information content (AvgIpc) is 3.58. The number of hydrogen-bond donors (Lipinski definition) is 0. The van der Waals surface area contributed by atoms with Gasteiger partial charge in [0.15, 0.2) is 5.78 Å². The average molecular weight is 598 g/mol. The minimum absolute atomic E-state index is 0.0198. The summed E-state index contributed by atoms with van der Waals surface area (Å²) in [6.45, 7) is -0.628. The summed E-state index contributed by atoms with van der Waals surface area (Å²) in [5, 5.41) is 14.6. The molecule has 2 heterocycles. The standard InChI is InChI=1S/C31H23N3O8S/c35-24(16-5-9-19(10-6-16)42-31(39)25-2-1-13-43-25)15-32(28(36)17-3-7-18(8-4-17)34(40)41)33-29(37)26-20-11-12-21(23-14-22(20)23)27(26)30(33)38/h1-13,20-23,26-27H,14-15H2/t20-,21-,22-,23-,26+,27+/m0/s1. The molecule has 3 fully saturated rings. The Bertz CT molecular complexity index is 1680. The van der Waals surface area contributed by atoms with E-state index in [1.807, 2.05) is 12.2 Å². The second kappa shape index (κ2) is 10.1. The molecule has 8 rings (SSSR count). The first-order valence-electron chi connectivity index (χ1n) is 13.7. The molecule has 3 aromatic rings. The van der Waals surface area contributed by atoms with Crippen molar-refractivity contribution >= 4 is 46.5 Å². The fraction of sp³-hybridized carbons (Fsp3) is 0.258. The molecule has 5 aliphatic rings. The SMILES string of the molecule is O=C(CN(C(=O)c1ccc([N+](=O)[O-])cc1)N1C(=O)[C@@H]2[C@H]3C=C[C@@H]([C@@H]4C[C@@H]34)[C@H]2C1=O)c1ccc(OC(=O)c2cccs2)cc1. The van der Waals surface area contributed by atoms with Gasteiger partial charge >= 0.3 is 5.97 Å². The van der Waals surface area contributed by atoms with Crippen LogP contribution in [0.5, 0.6) is 5.75 Å². The summed E-state index contributed by atoms with van der Waals surface area (Å²) < 4.78 is 5.34. The number of ketones is 1. The van der Waals surface area contributed by atoms with E-state index >= 15 is 0 Å². The summed E-state index contributed by atoms with van der Waals surface area (Å²) in [6.07, 6.45) is 4.99. The molecule has 4 aliphatic carbocycles. The highest BCUT2D eigenvalue weighted by Crippen LogP contribution is 2.65. The number of hydrazine groups is 1. The van der Waals surface area contributed by atoms with Gasteiger partial charge in [0.2, 0.25) is 0 Å². The lowest BCUT2D eigenvalue weighted by atomic mass is 9.63. The summed E-state index contributed by atoms with van der Waals surface area (Å²) >= 11 is 1.23. The first kappa shape index (κ1) is 26.9. The lowest BCUT2D eigenvalue weighted by Gasteiger charge is -2.37. The maximum Gasteiger partial charge on any atom is 0.353 e. The number of imide groups is 1. The van der Waals surface area contributed by atoms with Crippen molar-refractivity contribution in [3.05, 3.63) is 104 Å². The van der Waals surface area contributed by atoms with Gasteiger partial charge in [-0.15, -0.1) is 11.3 Å². The maximum absolute atomic E-state index is 13.8. The number of esters is 1. The molecule has 2 aromatic carbocycles. The molecular formula is C31H23N3O8S. The Hall–Kier alpha value is -4.97. The molecule has 0 radical (unpaired) electrons. The van der Waals surface area contributed by atoms with Crippen LogP contribution in [0.2, 0.25) is 0 Å². The predicted octanol–water partition coefficient (Wildman–Crippen LogP) is 4.17. The van der Waals surface area contributed by atoms with Crippen LogP contribution in [0.4, 0.5) is 5.69 Å². The van der Waals surface area contributed by atoms with Gasteiger partial charge in [-0.05, 0) is 77.9 Å². The Morgan fingerprint density at radius 1 is 0.907 bits per heavy atom. The minimum Gasteiger partial charge on any atom is -0.422 e. The van der Waals surface area contributed by atoms with Gasteiger partial charge in [0.1, 0.15) is 17.2 Å². The number of allylic oxidation sites excluding steroid dienone is 2. The Morgan fingerprint density at radius 2 is 1.51 bits per heavy atom. The normalized spacial score (nSPS) is 26.1. The van der Waals surface area contributed by atoms with E-state index in [9.17, 15) is 34.1 Å². The molecule has 43 heavy (non-hydrogen) atoms. The highest BCUT2D eigenvalue weighted by atomic mass is 32.1. The number of non-ortho nitro benzene ring substituents is 1. The van der Waals surface area contributed by atoms with Gasteiger partial charge in [-0.25, -0.2) is 9.80 Å². The van der Waals surface area contributed by atoms with Crippen molar-refractivity contribution in [2.75, 3.05) is 6.54 Å². The largest absolute Gasteiger partial charge is 0.422 e. The Labute approximate surface area is 248 Å². The highest BCUT2D eigenvalue weighted by molar-refractivity contribution is 7.12. The molecule has 1 saturated heterocycles. The number of hydrogen-bond acceptors (Lipinski definition) is 9. The van der Waals surface area contributed by atoms with Crippen molar-refractivity contribution in [3.8, 4) is 5.75 Å². The monoisotopic (exact) mass is 597 g/mol. The van der Waals surface area contributed by atoms with E-state index in [1.165, 1.54) is 47.7 Å². The van der Waals surface area contributed by atoms with Crippen molar-refractivity contribution in [3.63, 3.8) is 0 Å². The van der Waals surface area contributed by atoms with Gasteiger partial charge in [-0.1, -0.05) is 18.2 Å². The van der Waals surface area contributed by atoms with E-state index in [-0.39, 0.29) is 34.4 Å². The zero-order chi connectivity index (χ0) is 30.0. The Morgan fingerprint density at radius 3 is 2.07 bits per heavy atom. The Balaban J connectivity index is 1.16. The number of carbonyl (C=O) groups is 5. The quantitative estimate of drug-likeness (QED) is 0.0716. The molecule has 1 aromatic heterocycles. The molecule has 12 heteroatoms. The van der Waals surface area contributed by atoms with E-state index in [2.05, 4.69) is 0 Å². The van der Waals surface area contributed by atoms with E-state index < -0.39 is 52.8 Å². The third kappa shape index (κ3) is 4.45. The molecule has 1 aliphatic heterocycles. The Kier molecular flexibility index (Phi) is 6.31. The van der Waals surface area contributed by atoms with Gasteiger partial charge < -0.3 is 4.74 Å². The second-order valence-corrected chi connectivity index (χ2v) is 12.1. The molecule has 0 spiro atoms. The molecule has 2 bridgehead atoms. The van der Waals surface area contributed by atoms with Crippen LogP contribution in [0, 0.1) is 45.6 Å². The van der Waals surface area contributed by atoms with Crippen molar-refractivity contribution < 1.29 is 33.6 Å². The minimum atomic E-state index is -0.810. The van der Waals surface area contributed by atoms with Crippen LogP contribution in [-0.2, 0) is 9.59 Å². The van der Waals surface area contributed by atoms with Crippen LogP contribution < -0.4 is 4.74 Å². The van der Waals surface area contributed by atoms with Gasteiger partial charge in [0, 0.05) is 23.3 Å². The van der Waals surface area contributed by atoms with Crippen LogP contribution >= 0.6 is 11.3 Å². The number of Topliss-reactive ketones (excluding diaryl/α,β-unsaturated/α-hetero) is 1. The number of nitro groups is 1. The molecule has 2 saturated carbocycles. The summed E-state index contributed by atoms with van der Waals surface area (Å²) in [5.74, 6) is -3.39. The second-order valence-electron chi connectivity index (χ2n) is 11.1. The molecule has 0 unspecified atom stereocenters. The first-order chi connectivity index (χ1) is 20.7. The van der Waals surface area contributed by atoms with E-state index in [1.54, 1.807) is 17.5 Å². The van der Waals surface area contributed by atoms with Crippen molar-refractivity contribution in [2.24, 2.45) is 35.5 Å². The number of rotatable bonds is 8. The summed E-state index contributed by atoms with van der Waals surface area (Å²) in [5.41, 5.74) is -0.0918. The zero-order valence-electron chi connectivity index (χ0n) is 22.4. The molecule has 11 nitrogen and oxygen atoms in total. The van der Waals surface area contributed by atoms with Crippen molar-refractivity contribution in [1.29, 1.82) is 0 Å². The first-order valence-corrected chi connectivity index (χ1v) is 14.6. The molecule has 216 valence electrons. The lowest BCUT2D eigenvalue weighted by Crippen LogP contribution is -2.52. The fourth-order valence-corrected chi connectivity index (χ4v) is 7.37. The van der Waals surface area contributed by atoms with Gasteiger partial charge in [-0.3, -0.25) is 29.3 Å². The molecule has 3 amide bonds. The number of thiophene rings is 1. The third-order valence-corrected chi connectivity index (χ3v) is 9.69.